The molecule has 0 spiro atoms. The van der Waals surface area contributed by atoms with Crippen molar-refractivity contribution >= 4 is 110 Å². The van der Waals surface area contributed by atoms with E-state index in [0.29, 0.717) is 6.42 Å². The zero-order valence-corrected chi connectivity index (χ0v) is 18.4. The maximum absolute atomic E-state index is 13.8. The van der Waals surface area contributed by atoms with Gasteiger partial charge >= 0.3 is 72.4 Å². The molecule has 3 nitrogen and oxygen atoms in total. The van der Waals surface area contributed by atoms with Crippen LogP contribution in [-0.2, 0) is 16.6 Å². The van der Waals surface area contributed by atoms with E-state index in [-0.39, 0.29) is 63.6 Å². The van der Waals surface area contributed by atoms with E-state index < -0.39 is 18.8 Å². The number of hydrogen-bond donors (Lipinski definition) is 2. The number of hydrogen-bond acceptors (Lipinski definition) is 2. The third-order valence-electron chi connectivity index (χ3n) is 3.67. The number of benzene rings is 2. The van der Waals surface area contributed by atoms with Crippen LogP contribution in [0.4, 0.5) is 8.78 Å². The second kappa shape index (κ2) is 13.3. The summed E-state index contributed by atoms with van der Waals surface area (Å²) in [6, 6.07) is 12.2. The summed E-state index contributed by atoms with van der Waals surface area (Å²) in [5.41, 5.74) is -4.05. The second-order valence-corrected chi connectivity index (χ2v) is 10.2. The molecule has 0 fully saturated rings. The monoisotopic (exact) mass is 576 g/mol. The molecule has 0 aliphatic carbocycles. The van der Waals surface area contributed by atoms with Crippen LogP contribution in [-0.4, -0.2) is 74.7 Å². The number of rotatable bonds is 8. The Kier molecular flexibility index (Phi) is 14.2. The fraction of sp³-hybridized carbons (Fsp3) is 0.294. The summed E-state index contributed by atoms with van der Waals surface area (Å²) in [5, 5.41) is 0. The molecular weight excluding hydrogens is 559 g/mol. The van der Waals surface area contributed by atoms with E-state index in [1.54, 1.807) is 11.8 Å². The van der Waals surface area contributed by atoms with Gasteiger partial charge in [0.15, 0.2) is 0 Å². The molecule has 0 aromatic heterocycles. The molecule has 0 amide bonds. The van der Waals surface area contributed by atoms with Gasteiger partial charge in [-0.25, -0.2) is 0 Å². The van der Waals surface area contributed by atoms with Gasteiger partial charge in [-0.1, -0.05) is 44.0 Å². The average molecular weight is 578 g/mol. The Labute approximate surface area is 228 Å². The van der Waals surface area contributed by atoms with E-state index in [1.165, 1.54) is 17.0 Å². The van der Waals surface area contributed by atoms with Crippen molar-refractivity contribution in [2.75, 3.05) is 5.75 Å². The van der Waals surface area contributed by atoms with Gasteiger partial charge in [0.25, 0.3) is 0 Å². The van der Waals surface area contributed by atoms with Crippen molar-refractivity contribution in [3.8, 4) is 0 Å². The molecule has 0 unspecified atom stereocenters. The first kappa shape index (κ1) is 29.8. The normalized spacial score (nSPS) is 11.5. The van der Waals surface area contributed by atoms with Crippen LogP contribution in [0.2, 0.25) is 0 Å². The van der Waals surface area contributed by atoms with Gasteiger partial charge in [0.2, 0.25) is 0 Å². The minimum absolute atomic E-state index is 0. The molecular formula is C17H19Br2F2Na2O3PS. The van der Waals surface area contributed by atoms with Gasteiger partial charge in [-0.05, 0) is 60.9 Å². The SMILES string of the molecule is O=P(O)(O)C(F)(F)c1ccc(CCCCSc2ccc(Br)cc2)cc1Br.[NaH].[NaH]. The van der Waals surface area contributed by atoms with Gasteiger partial charge < -0.3 is 9.79 Å². The van der Waals surface area contributed by atoms with E-state index in [0.717, 1.165) is 34.7 Å². The van der Waals surface area contributed by atoms with Crippen LogP contribution in [0, 0.1) is 0 Å². The van der Waals surface area contributed by atoms with Gasteiger partial charge in [-0.3, -0.25) is 4.57 Å². The molecule has 0 saturated carbocycles. The molecule has 0 saturated heterocycles. The first-order chi connectivity index (χ1) is 12.1. The Balaban J connectivity index is 0.00000364. The van der Waals surface area contributed by atoms with Crippen LogP contribution in [0.25, 0.3) is 0 Å². The summed E-state index contributed by atoms with van der Waals surface area (Å²) in [7, 11) is -5.56. The maximum atomic E-state index is 13.8. The molecule has 0 aliphatic heterocycles. The molecule has 2 aromatic carbocycles. The van der Waals surface area contributed by atoms with E-state index >= 15 is 0 Å². The van der Waals surface area contributed by atoms with Crippen molar-refractivity contribution < 1.29 is 23.1 Å². The van der Waals surface area contributed by atoms with E-state index in [9.17, 15) is 13.3 Å². The van der Waals surface area contributed by atoms with Gasteiger partial charge in [0, 0.05) is 19.4 Å². The molecule has 0 aliphatic rings. The summed E-state index contributed by atoms with van der Waals surface area (Å²) in [4.78, 5) is 18.9. The number of aryl methyl sites for hydroxylation is 1. The average Bonchev–Trinajstić information content (AvgIpc) is 2.55. The fourth-order valence-electron chi connectivity index (χ4n) is 2.27. The quantitative estimate of drug-likeness (QED) is 0.195. The zero-order chi connectivity index (χ0) is 19.4. The zero-order valence-electron chi connectivity index (χ0n) is 13.5. The molecule has 0 bridgehead atoms. The number of halogens is 4. The van der Waals surface area contributed by atoms with Crippen LogP contribution in [0.3, 0.4) is 0 Å². The van der Waals surface area contributed by atoms with Crippen LogP contribution in [0.1, 0.15) is 24.0 Å². The van der Waals surface area contributed by atoms with E-state index in [4.69, 9.17) is 9.79 Å². The number of thioether (sulfide) groups is 1. The fourth-order valence-corrected chi connectivity index (χ4v) is 4.78. The third kappa shape index (κ3) is 8.71. The molecule has 0 atom stereocenters. The molecule has 11 heteroatoms. The molecule has 2 rings (SSSR count). The molecule has 2 aromatic rings. The molecule has 2 N–H and O–H groups in total. The van der Waals surface area contributed by atoms with Crippen molar-refractivity contribution in [1.29, 1.82) is 0 Å². The van der Waals surface area contributed by atoms with Gasteiger partial charge in [-0.2, -0.15) is 8.78 Å². The predicted octanol–water partition coefficient (Wildman–Crippen LogP) is 5.26. The Morgan fingerprint density at radius 1 is 1.00 bits per heavy atom. The topological polar surface area (TPSA) is 57.5 Å². The molecule has 28 heavy (non-hydrogen) atoms. The number of alkyl halides is 2. The van der Waals surface area contributed by atoms with Crippen LogP contribution < -0.4 is 0 Å². The van der Waals surface area contributed by atoms with Crippen molar-refractivity contribution in [3.63, 3.8) is 0 Å². The molecule has 0 heterocycles. The minimum atomic E-state index is -5.56. The first-order valence-corrected chi connectivity index (χ1v) is 11.9. The van der Waals surface area contributed by atoms with E-state index in [1.807, 2.05) is 24.3 Å². The van der Waals surface area contributed by atoms with Crippen molar-refractivity contribution in [1.82, 2.24) is 0 Å². The first-order valence-electron chi connectivity index (χ1n) is 7.72. The van der Waals surface area contributed by atoms with Crippen LogP contribution in [0.15, 0.2) is 56.3 Å². The van der Waals surface area contributed by atoms with Crippen LogP contribution >= 0.6 is 51.2 Å². The summed E-state index contributed by atoms with van der Waals surface area (Å²) >= 11 is 8.16. The van der Waals surface area contributed by atoms with Crippen molar-refractivity contribution in [2.24, 2.45) is 0 Å². The summed E-state index contributed by atoms with van der Waals surface area (Å²) in [6.07, 6.45) is 2.57. The Morgan fingerprint density at radius 2 is 1.61 bits per heavy atom. The number of unbranched alkanes of at least 4 members (excludes halogenated alkanes) is 1. The van der Waals surface area contributed by atoms with Gasteiger partial charge in [-0.15, -0.1) is 11.8 Å². The van der Waals surface area contributed by atoms with Gasteiger partial charge in [0.1, 0.15) is 0 Å². The predicted molar refractivity (Wildman–Crippen MR) is 122 cm³/mol. The standard InChI is InChI=1S/C17H17Br2F2O3PS.2Na.2H/c18-13-5-7-14(8-6-13)26-10-2-1-3-12-4-9-15(16(19)11-12)17(20,21)25(22,23)24;;;;/h4-9,11H,1-3,10H2,(H2,22,23,24);;;;. The summed E-state index contributed by atoms with van der Waals surface area (Å²) in [5.74, 6) is 0.956. The van der Waals surface area contributed by atoms with Gasteiger partial charge in [0.05, 0.1) is 0 Å². The Bertz CT molecular complexity index is 807. The molecule has 0 radical (unpaired) electrons. The Hall–Kier alpha value is 1.76. The molecule has 146 valence electrons. The summed E-state index contributed by atoms with van der Waals surface area (Å²) in [6.45, 7) is 0. The second-order valence-electron chi connectivity index (χ2n) is 5.66. The van der Waals surface area contributed by atoms with Crippen molar-refractivity contribution in [2.45, 2.75) is 29.8 Å². The van der Waals surface area contributed by atoms with Crippen LogP contribution in [0.5, 0.6) is 0 Å². The van der Waals surface area contributed by atoms with E-state index in [2.05, 4.69) is 31.9 Å². The third-order valence-corrected chi connectivity index (χ3v) is 6.92. The Morgan fingerprint density at radius 3 is 2.14 bits per heavy atom. The summed E-state index contributed by atoms with van der Waals surface area (Å²) < 4.78 is 39.6. The van der Waals surface area contributed by atoms with Crippen molar-refractivity contribution in [3.05, 3.63) is 62.5 Å².